The predicted molar refractivity (Wildman–Crippen MR) is 68.8 cm³/mol. The minimum atomic E-state index is -0.932. The van der Waals surface area contributed by atoms with Crippen LogP contribution in [0.25, 0.3) is 0 Å². The lowest BCUT2D eigenvalue weighted by Crippen LogP contribution is -2.59. The molecular weight excluding hydrogens is 230 g/mol. The van der Waals surface area contributed by atoms with E-state index < -0.39 is 5.54 Å². The summed E-state index contributed by atoms with van der Waals surface area (Å²) in [4.78, 5) is 29.5. The molecule has 5 nitrogen and oxygen atoms in total. The molecule has 1 unspecified atom stereocenters. The fraction of sp³-hybridized carbons (Fsp3) is 0.308. The molecule has 1 N–H and O–H groups in total. The van der Waals surface area contributed by atoms with Gasteiger partial charge in [-0.15, -0.1) is 6.58 Å². The monoisotopic (exact) mass is 245 g/mol. The molecule has 2 amide bonds. The highest BCUT2D eigenvalue weighted by Gasteiger charge is 2.44. The van der Waals surface area contributed by atoms with E-state index in [1.54, 1.807) is 36.3 Å². The first-order valence-electron chi connectivity index (χ1n) is 5.73. The molecule has 0 fully saturated rings. The SMILES string of the molecule is C=CCNC(=O)C1(C)CC(=O)N=C2C=CC=CN21. The van der Waals surface area contributed by atoms with Crippen molar-refractivity contribution in [3.05, 3.63) is 37.1 Å². The van der Waals surface area contributed by atoms with E-state index in [1.165, 1.54) is 0 Å². The highest BCUT2D eigenvalue weighted by Crippen LogP contribution is 2.27. The molecule has 2 aliphatic heterocycles. The Morgan fingerprint density at radius 1 is 1.67 bits per heavy atom. The van der Waals surface area contributed by atoms with Gasteiger partial charge in [0.05, 0.1) is 6.42 Å². The molecule has 2 heterocycles. The third kappa shape index (κ3) is 1.99. The number of hydrogen-bond donors (Lipinski definition) is 1. The lowest BCUT2D eigenvalue weighted by molar-refractivity contribution is -0.134. The van der Waals surface area contributed by atoms with Crippen LogP contribution in [0.15, 0.2) is 42.1 Å². The summed E-state index contributed by atoms with van der Waals surface area (Å²) in [7, 11) is 0. The zero-order valence-electron chi connectivity index (χ0n) is 10.2. The standard InChI is InChI=1S/C13H15N3O2/c1-3-7-14-12(18)13(2)9-11(17)15-10-6-4-5-8-16(10)13/h3-6,8H,1,7,9H2,2H3,(H,14,18). The average Bonchev–Trinajstić information content (AvgIpc) is 2.35. The molecular formula is C13H15N3O2. The van der Waals surface area contributed by atoms with Crippen molar-refractivity contribution < 1.29 is 9.59 Å². The molecule has 1 atom stereocenters. The second-order valence-electron chi connectivity index (χ2n) is 4.38. The molecule has 5 heteroatoms. The molecule has 0 aliphatic carbocycles. The molecule has 0 aromatic carbocycles. The van der Waals surface area contributed by atoms with E-state index in [1.807, 2.05) is 6.08 Å². The smallest absolute Gasteiger partial charge is 0.250 e. The van der Waals surface area contributed by atoms with Crippen LogP contribution in [0.1, 0.15) is 13.3 Å². The largest absolute Gasteiger partial charge is 0.351 e. The zero-order chi connectivity index (χ0) is 13.2. The maximum atomic E-state index is 12.2. The highest BCUT2D eigenvalue weighted by atomic mass is 16.2. The number of carbonyl (C=O) groups excluding carboxylic acids is 2. The van der Waals surface area contributed by atoms with Gasteiger partial charge in [0.2, 0.25) is 5.91 Å². The van der Waals surface area contributed by atoms with Crippen molar-refractivity contribution in [3.8, 4) is 0 Å². The summed E-state index contributed by atoms with van der Waals surface area (Å²) >= 11 is 0. The fourth-order valence-electron chi connectivity index (χ4n) is 2.03. The zero-order valence-corrected chi connectivity index (χ0v) is 10.2. The van der Waals surface area contributed by atoms with Gasteiger partial charge < -0.3 is 10.2 Å². The van der Waals surface area contributed by atoms with Crippen LogP contribution in [-0.4, -0.2) is 34.6 Å². The minimum Gasteiger partial charge on any atom is -0.351 e. The molecule has 0 spiro atoms. The molecule has 0 bridgehead atoms. The van der Waals surface area contributed by atoms with Crippen molar-refractivity contribution in [2.45, 2.75) is 18.9 Å². The van der Waals surface area contributed by atoms with Crippen LogP contribution in [0.3, 0.4) is 0 Å². The number of amidine groups is 1. The summed E-state index contributed by atoms with van der Waals surface area (Å²) in [6.45, 7) is 5.67. The summed E-state index contributed by atoms with van der Waals surface area (Å²) in [5, 5.41) is 2.73. The molecule has 0 aromatic rings. The van der Waals surface area contributed by atoms with Gasteiger partial charge >= 0.3 is 0 Å². The molecule has 2 rings (SSSR count). The maximum absolute atomic E-state index is 12.2. The maximum Gasteiger partial charge on any atom is 0.250 e. The van der Waals surface area contributed by atoms with Crippen LogP contribution >= 0.6 is 0 Å². The van der Waals surface area contributed by atoms with E-state index in [0.29, 0.717) is 12.4 Å². The van der Waals surface area contributed by atoms with Crippen molar-refractivity contribution in [2.75, 3.05) is 6.54 Å². The van der Waals surface area contributed by atoms with Gasteiger partial charge in [-0.05, 0) is 19.1 Å². The van der Waals surface area contributed by atoms with E-state index in [-0.39, 0.29) is 18.2 Å². The Labute approximate surface area is 106 Å². The number of nitrogens with zero attached hydrogens (tertiary/aromatic N) is 2. The average molecular weight is 245 g/mol. The fourth-order valence-corrected chi connectivity index (χ4v) is 2.03. The van der Waals surface area contributed by atoms with Crippen LogP contribution in [0.5, 0.6) is 0 Å². The first-order chi connectivity index (χ1) is 8.58. The quantitative estimate of drug-likeness (QED) is 0.747. The van der Waals surface area contributed by atoms with Gasteiger partial charge in [0.15, 0.2) is 0 Å². The van der Waals surface area contributed by atoms with Gasteiger partial charge in [0.25, 0.3) is 5.91 Å². The van der Waals surface area contributed by atoms with Gasteiger partial charge in [0.1, 0.15) is 11.4 Å². The minimum absolute atomic E-state index is 0.0671. The third-order valence-electron chi connectivity index (χ3n) is 3.00. The lowest BCUT2D eigenvalue weighted by Gasteiger charge is -2.41. The Balaban J connectivity index is 2.31. The number of carbonyl (C=O) groups is 2. The Bertz CT molecular complexity index is 490. The molecule has 0 saturated carbocycles. The van der Waals surface area contributed by atoms with Crippen LogP contribution in [0.4, 0.5) is 0 Å². The number of aliphatic imine (C=N–C) groups is 1. The Hall–Kier alpha value is -2.17. The first-order valence-corrected chi connectivity index (χ1v) is 5.73. The Morgan fingerprint density at radius 2 is 2.44 bits per heavy atom. The number of rotatable bonds is 3. The van der Waals surface area contributed by atoms with E-state index in [2.05, 4.69) is 16.9 Å². The van der Waals surface area contributed by atoms with E-state index in [9.17, 15) is 9.59 Å². The second kappa shape index (κ2) is 4.60. The number of allylic oxidation sites excluding steroid dienone is 2. The van der Waals surface area contributed by atoms with Gasteiger partial charge in [-0.3, -0.25) is 9.59 Å². The predicted octanol–water partition coefficient (Wildman–Crippen LogP) is 0.762. The normalized spacial score (nSPS) is 25.5. The highest BCUT2D eigenvalue weighted by molar-refractivity contribution is 6.09. The summed E-state index contributed by atoms with van der Waals surface area (Å²) < 4.78 is 0. The second-order valence-corrected chi connectivity index (χ2v) is 4.38. The van der Waals surface area contributed by atoms with Crippen LogP contribution < -0.4 is 5.32 Å². The molecule has 94 valence electrons. The molecule has 2 aliphatic rings. The lowest BCUT2D eigenvalue weighted by atomic mass is 9.91. The molecule has 0 radical (unpaired) electrons. The Kier molecular flexibility index (Phi) is 3.14. The molecule has 0 saturated heterocycles. The Morgan fingerprint density at radius 3 is 3.17 bits per heavy atom. The van der Waals surface area contributed by atoms with E-state index in [4.69, 9.17) is 0 Å². The van der Waals surface area contributed by atoms with Crippen molar-refractivity contribution in [1.29, 1.82) is 0 Å². The van der Waals surface area contributed by atoms with Gasteiger partial charge in [-0.2, -0.15) is 4.99 Å². The van der Waals surface area contributed by atoms with Crippen LogP contribution in [-0.2, 0) is 9.59 Å². The van der Waals surface area contributed by atoms with Crippen molar-refractivity contribution in [1.82, 2.24) is 10.2 Å². The van der Waals surface area contributed by atoms with E-state index in [0.717, 1.165) is 0 Å². The first kappa shape index (κ1) is 12.3. The summed E-state index contributed by atoms with van der Waals surface area (Å²) in [5.74, 6) is 0.0190. The van der Waals surface area contributed by atoms with Gasteiger partial charge in [0, 0.05) is 12.7 Å². The summed E-state index contributed by atoms with van der Waals surface area (Å²) in [5.41, 5.74) is -0.932. The molecule has 0 aromatic heterocycles. The van der Waals surface area contributed by atoms with Gasteiger partial charge in [-0.1, -0.05) is 12.2 Å². The van der Waals surface area contributed by atoms with Crippen molar-refractivity contribution >= 4 is 17.6 Å². The van der Waals surface area contributed by atoms with E-state index >= 15 is 0 Å². The van der Waals surface area contributed by atoms with Crippen LogP contribution in [0, 0.1) is 0 Å². The van der Waals surface area contributed by atoms with Crippen molar-refractivity contribution in [2.24, 2.45) is 4.99 Å². The number of amides is 2. The number of fused-ring (bicyclic) bond motifs is 1. The number of nitrogens with one attached hydrogen (secondary N) is 1. The van der Waals surface area contributed by atoms with Gasteiger partial charge in [-0.25, -0.2) is 0 Å². The summed E-state index contributed by atoms with van der Waals surface area (Å²) in [6.07, 6.45) is 8.75. The third-order valence-corrected chi connectivity index (χ3v) is 3.00. The van der Waals surface area contributed by atoms with Crippen molar-refractivity contribution in [3.63, 3.8) is 0 Å². The topological polar surface area (TPSA) is 61.8 Å². The summed E-state index contributed by atoms with van der Waals surface area (Å²) in [6, 6.07) is 0. The number of hydrogen-bond acceptors (Lipinski definition) is 3. The molecule has 18 heavy (non-hydrogen) atoms. The van der Waals surface area contributed by atoms with Crippen LogP contribution in [0.2, 0.25) is 0 Å².